The fraction of sp³-hybridized carbons (Fsp3) is 0.278. The van der Waals surface area contributed by atoms with E-state index in [0.717, 1.165) is 16.7 Å². The van der Waals surface area contributed by atoms with Crippen molar-refractivity contribution in [2.45, 2.75) is 26.6 Å². The monoisotopic (exact) mass is 348 g/mol. The number of aliphatic hydroxyl groups is 1. The van der Waals surface area contributed by atoms with Crippen LogP contribution in [0.2, 0.25) is 5.02 Å². The second kappa shape index (κ2) is 9.15. The highest BCUT2D eigenvalue weighted by molar-refractivity contribution is 6.30. The van der Waals surface area contributed by atoms with Gasteiger partial charge in [-0.3, -0.25) is 0 Å². The number of rotatable bonds is 7. The molecule has 24 heavy (non-hydrogen) atoms. The highest BCUT2D eigenvalue weighted by atomic mass is 35.5. The molecule has 0 fully saturated rings. The third-order valence-corrected chi connectivity index (χ3v) is 3.73. The standard InChI is InChI=1S/C18H21ClN2O3/c1-2-24-17-9-16(19)8-7-14(17)11-21-18(23)20-10-13-5-3-4-6-15(13)12-22/h3-9,22H,2,10-12H2,1H3,(H2,20,21,23). The molecule has 2 aromatic rings. The van der Waals surface area contributed by atoms with Gasteiger partial charge in [0.25, 0.3) is 0 Å². The Balaban J connectivity index is 1.89. The third kappa shape index (κ3) is 5.15. The van der Waals surface area contributed by atoms with Gasteiger partial charge in [0.15, 0.2) is 0 Å². The predicted molar refractivity (Wildman–Crippen MR) is 94.1 cm³/mol. The molecule has 0 heterocycles. The molecule has 6 heteroatoms. The molecule has 0 saturated heterocycles. The van der Waals surface area contributed by atoms with Crippen molar-refractivity contribution >= 4 is 17.6 Å². The maximum atomic E-state index is 12.0. The summed E-state index contributed by atoms with van der Waals surface area (Å²) in [5.41, 5.74) is 2.54. The molecule has 0 aliphatic rings. The minimum Gasteiger partial charge on any atom is -0.493 e. The smallest absolute Gasteiger partial charge is 0.315 e. The van der Waals surface area contributed by atoms with E-state index in [2.05, 4.69) is 10.6 Å². The van der Waals surface area contributed by atoms with Gasteiger partial charge in [-0.1, -0.05) is 41.9 Å². The average Bonchev–Trinajstić information content (AvgIpc) is 2.59. The van der Waals surface area contributed by atoms with Crippen molar-refractivity contribution in [1.29, 1.82) is 0 Å². The van der Waals surface area contributed by atoms with Crippen LogP contribution in [0.3, 0.4) is 0 Å². The normalized spacial score (nSPS) is 10.3. The number of hydrogen-bond donors (Lipinski definition) is 3. The summed E-state index contributed by atoms with van der Waals surface area (Å²) in [6, 6.07) is 12.5. The number of ether oxygens (including phenoxy) is 1. The summed E-state index contributed by atoms with van der Waals surface area (Å²) in [6.07, 6.45) is 0. The summed E-state index contributed by atoms with van der Waals surface area (Å²) in [7, 11) is 0. The van der Waals surface area contributed by atoms with Gasteiger partial charge in [-0.15, -0.1) is 0 Å². The van der Waals surface area contributed by atoms with Crippen molar-refractivity contribution in [3.05, 3.63) is 64.2 Å². The molecule has 0 radical (unpaired) electrons. The van der Waals surface area contributed by atoms with Crippen LogP contribution < -0.4 is 15.4 Å². The Kier molecular flexibility index (Phi) is 6.90. The molecule has 0 aliphatic heterocycles. The third-order valence-electron chi connectivity index (χ3n) is 3.50. The van der Waals surface area contributed by atoms with Gasteiger partial charge in [0.2, 0.25) is 0 Å². The average molecular weight is 349 g/mol. The van der Waals surface area contributed by atoms with Crippen LogP contribution >= 0.6 is 11.6 Å². The molecule has 2 amide bonds. The van der Waals surface area contributed by atoms with Crippen LogP contribution in [-0.2, 0) is 19.7 Å². The Morgan fingerprint density at radius 1 is 1.08 bits per heavy atom. The van der Waals surface area contributed by atoms with Crippen molar-refractivity contribution in [3.8, 4) is 5.75 Å². The van der Waals surface area contributed by atoms with Crippen molar-refractivity contribution in [2.75, 3.05) is 6.61 Å². The van der Waals surface area contributed by atoms with Crippen LogP contribution in [-0.4, -0.2) is 17.7 Å². The van der Waals surface area contributed by atoms with Crippen molar-refractivity contribution < 1.29 is 14.6 Å². The molecule has 0 unspecified atom stereocenters. The van der Waals surface area contributed by atoms with Gasteiger partial charge in [-0.2, -0.15) is 0 Å². The van der Waals surface area contributed by atoms with Gasteiger partial charge in [0, 0.05) is 23.7 Å². The number of benzene rings is 2. The van der Waals surface area contributed by atoms with Gasteiger partial charge >= 0.3 is 6.03 Å². The summed E-state index contributed by atoms with van der Waals surface area (Å²) in [6.45, 7) is 3.05. The van der Waals surface area contributed by atoms with Gasteiger partial charge in [-0.05, 0) is 30.2 Å². The van der Waals surface area contributed by atoms with Crippen LogP contribution in [0, 0.1) is 0 Å². The molecule has 0 spiro atoms. The number of amides is 2. The van der Waals surface area contributed by atoms with E-state index in [-0.39, 0.29) is 12.6 Å². The van der Waals surface area contributed by atoms with Gasteiger partial charge in [0.05, 0.1) is 13.2 Å². The van der Waals surface area contributed by atoms with E-state index in [1.165, 1.54) is 0 Å². The molecule has 128 valence electrons. The number of aliphatic hydroxyl groups excluding tert-OH is 1. The van der Waals surface area contributed by atoms with Crippen LogP contribution in [0.15, 0.2) is 42.5 Å². The minimum absolute atomic E-state index is 0.0536. The summed E-state index contributed by atoms with van der Waals surface area (Å²) < 4.78 is 5.53. The largest absolute Gasteiger partial charge is 0.493 e. The molecule has 0 bridgehead atoms. The number of carbonyl (C=O) groups excluding carboxylic acids is 1. The van der Waals surface area contributed by atoms with Gasteiger partial charge in [-0.25, -0.2) is 4.79 Å². The first-order valence-electron chi connectivity index (χ1n) is 7.74. The van der Waals surface area contributed by atoms with Crippen molar-refractivity contribution in [3.63, 3.8) is 0 Å². The molecule has 5 nitrogen and oxygen atoms in total. The van der Waals surface area contributed by atoms with Crippen molar-refractivity contribution in [1.82, 2.24) is 10.6 Å². The molecule has 3 N–H and O–H groups in total. The predicted octanol–water partition coefficient (Wildman–Crippen LogP) is 3.23. The molecule has 0 saturated carbocycles. The molecule has 0 aliphatic carbocycles. The second-order valence-electron chi connectivity index (χ2n) is 5.15. The highest BCUT2D eigenvalue weighted by Crippen LogP contribution is 2.23. The van der Waals surface area contributed by atoms with E-state index in [1.54, 1.807) is 12.1 Å². The zero-order valence-electron chi connectivity index (χ0n) is 13.5. The zero-order valence-corrected chi connectivity index (χ0v) is 14.3. The van der Waals surface area contributed by atoms with Crippen LogP contribution in [0.25, 0.3) is 0 Å². The molecular formula is C18H21ClN2O3. The van der Waals surface area contributed by atoms with E-state index in [1.807, 2.05) is 37.3 Å². The van der Waals surface area contributed by atoms with E-state index < -0.39 is 0 Å². The Morgan fingerprint density at radius 2 is 1.75 bits per heavy atom. The lowest BCUT2D eigenvalue weighted by Gasteiger charge is -2.13. The van der Waals surface area contributed by atoms with E-state index in [0.29, 0.717) is 30.5 Å². The highest BCUT2D eigenvalue weighted by Gasteiger charge is 2.08. The Hall–Kier alpha value is -2.24. The van der Waals surface area contributed by atoms with Crippen LogP contribution in [0.5, 0.6) is 5.75 Å². The zero-order chi connectivity index (χ0) is 17.4. The summed E-state index contributed by atoms with van der Waals surface area (Å²) in [5, 5.41) is 15.4. The fourth-order valence-electron chi connectivity index (χ4n) is 2.26. The topological polar surface area (TPSA) is 70.6 Å². The van der Waals surface area contributed by atoms with Crippen molar-refractivity contribution in [2.24, 2.45) is 0 Å². The lowest BCUT2D eigenvalue weighted by atomic mass is 10.1. The van der Waals surface area contributed by atoms with E-state index >= 15 is 0 Å². The Morgan fingerprint density at radius 3 is 2.42 bits per heavy atom. The number of urea groups is 1. The minimum atomic E-state index is -0.292. The maximum absolute atomic E-state index is 12.0. The maximum Gasteiger partial charge on any atom is 0.315 e. The fourth-order valence-corrected chi connectivity index (χ4v) is 2.42. The van der Waals surface area contributed by atoms with Gasteiger partial charge < -0.3 is 20.5 Å². The van der Waals surface area contributed by atoms with Gasteiger partial charge in [0.1, 0.15) is 5.75 Å². The summed E-state index contributed by atoms with van der Waals surface area (Å²) >= 11 is 5.96. The SMILES string of the molecule is CCOc1cc(Cl)ccc1CNC(=O)NCc1ccccc1CO. The quantitative estimate of drug-likeness (QED) is 0.719. The Labute approximate surface area is 146 Å². The summed E-state index contributed by atoms with van der Waals surface area (Å²) in [5.74, 6) is 0.663. The number of nitrogens with one attached hydrogen (secondary N) is 2. The molecule has 2 rings (SSSR count). The molecule has 0 aromatic heterocycles. The van der Waals surface area contributed by atoms with E-state index in [9.17, 15) is 9.90 Å². The number of carbonyl (C=O) groups is 1. The number of hydrogen-bond acceptors (Lipinski definition) is 3. The lowest BCUT2D eigenvalue weighted by molar-refractivity contribution is 0.239. The van der Waals surface area contributed by atoms with Crippen LogP contribution in [0.1, 0.15) is 23.6 Å². The lowest BCUT2D eigenvalue weighted by Crippen LogP contribution is -2.34. The first kappa shape index (κ1) is 18.1. The van der Waals surface area contributed by atoms with E-state index in [4.69, 9.17) is 16.3 Å². The first-order valence-corrected chi connectivity index (χ1v) is 8.12. The molecule has 2 aromatic carbocycles. The Bertz CT molecular complexity index is 692. The second-order valence-corrected chi connectivity index (χ2v) is 5.58. The first-order chi connectivity index (χ1) is 11.6. The number of halogens is 1. The van der Waals surface area contributed by atoms with Crippen LogP contribution in [0.4, 0.5) is 4.79 Å². The molecule has 0 atom stereocenters. The summed E-state index contributed by atoms with van der Waals surface area (Å²) in [4.78, 5) is 12.0. The molecular weight excluding hydrogens is 328 g/mol.